The van der Waals surface area contributed by atoms with Crippen molar-refractivity contribution < 1.29 is 15.0 Å². The number of halogens is 1. The largest absolute Gasteiger partial charge is 0.394 e. The Hall–Kier alpha value is -0.130. The SMILES string of the molecule is CCC(CO)(CO)NC(=O)C(Br)C(C)C. The van der Waals surface area contributed by atoms with E-state index in [2.05, 4.69) is 21.2 Å². The number of hydrogen-bond donors (Lipinski definition) is 3. The molecule has 1 amide bonds. The van der Waals surface area contributed by atoms with Crippen LogP contribution < -0.4 is 5.32 Å². The van der Waals surface area contributed by atoms with E-state index in [1.54, 1.807) is 0 Å². The molecule has 1 atom stereocenters. The first-order valence-electron chi connectivity index (χ1n) is 5.10. The van der Waals surface area contributed by atoms with Gasteiger partial charge in [0.05, 0.1) is 23.6 Å². The van der Waals surface area contributed by atoms with E-state index < -0.39 is 5.54 Å². The zero-order valence-corrected chi connectivity index (χ0v) is 11.0. The second-order valence-electron chi connectivity index (χ2n) is 4.09. The summed E-state index contributed by atoms with van der Waals surface area (Å²) >= 11 is 3.27. The standard InChI is InChI=1S/C10H20BrNO3/c1-4-10(5-13,6-14)12-9(15)8(11)7(2)3/h7-8,13-14H,4-6H2,1-3H3,(H,12,15). The van der Waals surface area contributed by atoms with Crippen LogP contribution in [0.2, 0.25) is 0 Å². The van der Waals surface area contributed by atoms with Gasteiger partial charge < -0.3 is 15.5 Å². The van der Waals surface area contributed by atoms with Gasteiger partial charge in [-0.1, -0.05) is 36.7 Å². The monoisotopic (exact) mass is 281 g/mol. The van der Waals surface area contributed by atoms with Gasteiger partial charge in [-0.15, -0.1) is 0 Å². The predicted molar refractivity (Wildman–Crippen MR) is 62.9 cm³/mol. The lowest BCUT2D eigenvalue weighted by Gasteiger charge is -2.31. The molecule has 0 radical (unpaired) electrons. The number of alkyl halides is 1. The second kappa shape index (κ2) is 6.45. The third-order valence-electron chi connectivity index (χ3n) is 2.51. The number of nitrogens with one attached hydrogen (secondary N) is 1. The van der Waals surface area contributed by atoms with E-state index in [0.29, 0.717) is 6.42 Å². The Kier molecular flexibility index (Phi) is 6.40. The normalized spacial score (nSPS) is 14.1. The molecule has 0 aromatic heterocycles. The van der Waals surface area contributed by atoms with Crippen molar-refractivity contribution in [3.8, 4) is 0 Å². The van der Waals surface area contributed by atoms with Crippen LogP contribution in [0, 0.1) is 5.92 Å². The molecule has 0 aliphatic rings. The Balaban J connectivity index is 4.48. The number of amides is 1. The molecule has 0 saturated carbocycles. The van der Waals surface area contributed by atoms with Gasteiger partial charge in [-0.2, -0.15) is 0 Å². The highest BCUT2D eigenvalue weighted by Crippen LogP contribution is 2.15. The van der Waals surface area contributed by atoms with Crippen molar-refractivity contribution in [2.45, 2.75) is 37.6 Å². The van der Waals surface area contributed by atoms with Gasteiger partial charge in [-0.3, -0.25) is 4.79 Å². The number of aliphatic hydroxyl groups excluding tert-OH is 2. The highest BCUT2D eigenvalue weighted by atomic mass is 79.9. The summed E-state index contributed by atoms with van der Waals surface area (Å²) in [6, 6.07) is 0. The van der Waals surface area contributed by atoms with Crippen molar-refractivity contribution in [3.63, 3.8) is 0 Å². The average Bonchev–Trinajstić information content (AvgIpc) is 2.24. The van der Waals surface area contributed by atoms with E-state index in [9.17, 15) is 4.79 Å². The minimum absolute atomic E-state index is 0.164. The van der Waals surface area contributed by atoms with Gasteiger partial charge in [0.2, 0.25) is 5.91 Å². The highest BCUT2D eigenvalue weighted by molar-refractivity contribution is 9.10. The molecule has 0 bridgehead atoms. The van der Waals surface area contributed by atoms with Gasteiger partial charge in [0.25, 0.3) is 0 Å². The molecule has 0 fully saturated rings. The van der Waals surface area contributed by atoms with Crippen molar-refractivity contribution in [2.24, 2.45) is 5.92 Å². The molecule has 5 heteroatoms. The molecule has 0 saturated heterocycles. The highest BCUT2D eigenvalue weighted by Gasteiger charge is 2.31. The molecule has 1 unspecified atom stereocenters. The smallest absolute Gasteiger partial charge is 0.234 e. The fraction of sp³-hybridized carbons (Fsp3) is 0.900. The van der Waals surface area contributed by atoms with Crippen molar-refractivity contribution >= 4 is 21.8 Å². The lowest BCUT2D eigenvalue weighted by atomic mass is 9.97. The van der Waals surface area contributed by atoms with Crippen LogP contribution >= 0.6 is 15.9 Å². The molecule has 3 N–H and O–H groups in total. The van der Waals surface area contributed by atoms with Gasteiger partial charge in [-0.05, 0) is 12.3 Å². The fourth-order valence-corrected chi connectivity index (χ4v) is 1.19. The van der Waals surface area contributed by atoms with Crippen LogP contribution in [-0.4, -0.2) is 39.7 Å². The molecule has 0 aliphatic carbocycles. The van der Waals surface area contributed by atoms with Gasteiger partial charge in [0, 0.05) is 0 Å². The van der Waals surface area contributed by atoms with Crippen LogP contribution in [0.1, 0.15) is 27.2 Å². The van der Waals surface area contributed by atoms with Crippen molar-refractivity contribution in [1.82, 2.24) is 5.32 Å². The lowest BCUT2D eigenvalue weighted by molar-refractivity contribution is -0.124. The van der Waals surface area contributed by atoms with Crippen molar-refractivity contribution in [3.05, 3.63) is 0 Å². The van der Waals surface area contributed by atoms with E-state index in [4.69, 9.17) is 10.2 Å². The van der Waals surface area contributed by atoms with E-state index >= 15 is 0 Å². The molecule has 0 spiro atoms. The quantitative estimate of drug-likeness (QED) is 0.627. The van der Waals surface area contributed by atoms with Crippen LogP contribution in [0.4, 0.5) is 0 Å². The molecule has 0 aliphatic heterocycles. The van der Waals surface area contributed by atoms with Gasteiger partial charge in [-0.25, -0.2) is 0 Å². The minimum atomic E-state index is -0.905. The lowest BCUT2D eigenvalue weighted by Crippen LogP contribution is -2.56. The minimum Gasteiger partial charge on any atom is -0.394 e. The molecule has 0 heterocycles. The van der Waals surface area contributed by atoms with E-state index in [1.165, 1.54) is 0 Å². The molecular weight excluding hydrogens is 262 g/mol. The topological polar surface area (TPSA) is 69.6 Å². The number of hydrogen-bond acceptors (Lipinski definition) is 3. The zero-order chi connectivity index (χ0) is 12.1. The molecule has 15 heavy (non-hydrogen) atoms. The Morgan fingerprint density at radius 3 is 2.13 bits per heavy atom. The summed E-state index contributed by atoms with van der Waals surface area (Å²) in [4.78, 5) is 11.4. The maximum atomic E-state index is 11.7. The number of aliphatic hydroxyl groups is 2. The molecule has 0 aromatic rings. The van der Waals surface area contributed by atoms with Crippen molar-refractivity contribution in [2.75, 3.05) is 13.2 Å². The summed E-state index contributed by atoms with van der Waals surface area (Å²) in [5.41, 5.74) is -0.905. The van der Waals surface area contributed by atoms with E-state index in [1.807, 2.05) is 20.8 Å². The van der Waals surface area contributed by atoms with Crippen LogP contribution in [0.25, 0.3) is 0 Å². The maximum absolute atomic E-state index is 11.7. The van der Waals surface area contributed by atoms with Crippen LogP contribution in [0.5, 0.6) is 0 Å². The maximum Gasteiger partial charge on any atom is 0.234 e. The third-order valence-corrected chi connectivity index (χ3v) is 3.98. The first-order chi connectivity index (χ1) is 6.92. The molecule has 90 valence electrons. The first-order valence-corrected chi connectivity index (χ1v) is 6.01. The molecule has 0 rings (SSSR count). The summed E-state index contributed by atoms with van der Waals surface area (Å²) in [5, 5.41) is 21.0. The Labute approximate surface area is 99.2 Å². The number of carbonyl (C=O) groups is 1. The summed E-state index contributed by atoms with van der Waals surface area (Å²) in [5.74, 6) is -0.0353. The van der Waals surface area contributed by atoms with Gasteiger partial charge in [0.1, 0.15) is 0 Å². The summed E-state index contributed by atoms with van der Waals surface area (Å²) in [6.07, 6.45) is 0.490. The Bertz CT molecular complexity index is 197. The second-order valence-corrected chi connectivity index (χ2v) is 5.07. The third kappa shape index (κ3) is 4.09. The Morgan fingerprint density at radius 2 is 1.87 bits per heavy atom. The van der Waals surface area contributed by atoms with Crippen molar-refractivity contribution in [1.29, 1.82) is 0 Å². The predicted octanol–water partition coefficient (Wildman–Crippen LogP) is 0.656. The number of rotatable bonds is 6. The molecule has 0 aromatic carbocycles. The van der Waals surface area contributed by atoms with E-state index in [0.717, 1.165) is 0 Å². The molecule has 4 nitrogen and oxygen atoms in total. The number of carbonyl (C=O) groups excluding carboxylic acids is 1. The first kappa shape index (κ1) is 14.9. The van der Waals surface area contributed by atoms with Crippen LogP contribution in [-0.2, 0) is 4.79 Å². The summed E-state index contributed by atoms with van der Waals surface area (Å²) in [7, 11) is 0. The van der Waals surface area contributed by atoms with E-state index in [-0.39, 0.29) is 29.9 Å². The average molecular weight is 282 g/mol. The summed E-state index contributed by atoms with van der Waals surface area (Å²) in [6.45, 7) is 5.13. The van der Waals surface area contributed by atoms with Gasteiger partial charge >= 0.3 is 0 Å². The molecular formula is C10H20BrNO3. The van der Waals surface area contributed by atoms with Gasteiger partial charge in [0.15, 0.2) is 0 Å². The Morgan fingerprint density at radius 1 is 1.40 bits per heavy atom. The zero-order valence-electron chi connectivity index (χ0n) is 9.46. The summed E-state index contributed by atoms with van der Waals surface area (Å²) < 4.78 is 0. The van der Waals surface area contributed by atoms with Crippen LogP contribution in [0.3, 0.4) is 0 Å². The fourth-order valence-electron chi connectivity index (χ4n) is 1.07. The van der Waals surface area contributed by atoms with Crippen LogP contribution in [0.15, 0.2) is 0 Å².